The Balaban J connectivity index is 1.97. The molecule has 0 amide bonds. The highest BCUT2D eigenvalue weighted by Crippen LogP contribution is 2.35. The van der Waals surface area contributed by atoms with Crippen molar-refractivity contribution in [1.29, 1.82) is 0 Å². The quantitative estimate of drug-likeness (QED) is 0.752. The van der Waals surface area contributed by atoms with Crippen molar-refractivity contribution in [2.75, 3.05) is 0 Å². The molecule has 1 aromatic heterocycles. The van der Waals surface area contributed by atoms with Crippen LogP contribution in [0.1, 0.15) is 11.1 Å². The number of aromatic nitrogens is 4. The van der Waals surface area contributed by atoms with Gasteiger partial charge in [0.05, 0.1) is 15.7 Å². The summed E-state index contributed by atoms with van der Waals surface area (Å²) in [5, 5.41) is 17.5. The highest BCUT2D eigenvalue weighted by molar-refractivity contribution is 6.35. The number of aromatic hydroxyl groups is 1. The summed E-state index contributed by atoms with van der Waals surface area (Å²) in [5.41, 5.74) is 1.87. The third kappa shape index (κ3) is 3.33. The number of phenols is 1. The number of tetrazole rings is 1. The Morgan fingerprint density at radius 1 is 1.20 bits per heavy atom. The van der Waals surface area contributed by atoms with Crippen molar-refractivity contribution in [3.63, 3.8) is 0 Å². The molecule has 0 bridgehead atoms. The molecule has 25 heavy (non-hydrogen) atoms. The lowest BCUT2D eigenvalue weighted by atomic mass is 10.1. The number of hydrogen-bond donors (Lipinski definition) is 1. The first-order chi connectivity index (χ1) is 11.9. The summed E-state index contributed by atoms with van der Waals surface area (Å²) in [6, 6.07) is 8.22. The van der Waals surface area contributed by atoms with Gasteiger partial charge in [-0.15, -0.1) is 0 Å². The van der Waals surface area contributed by atoms with Gasteiger partial charge in [0.15, 0.2) is 0 Å². The molecule has 3 aromatic rings. The fraction of sp³-hybridized carbons (Fsp3) is 0.188. The van der Waals surface area contributed by atoms with E-state index in [0.717, 1.165) is 15.8 Å². The average molecular weight is 381 g/mol. The predicted octanol–water partition coefficient (Wildman–Crippen LogP) is 2.87. The standard InChI is InChI=1S/C16H14Cl2N4O3/c1-9-4-3-5-13(22-16(24)21(2)19-20-22)10(9)8-25-15-7-11(17)14(23)6-12(15)18/h3-7,23H,8H2,1-2H3. The molecular formula is C16H14Cl2N4O3. The van der Waals surface area contributed by atoms with E-state index in [2.05, 4.69) is 10.4 Å². The molecule has 0 unspecified atom stereocenters. The summed E-state index contributed by atoms with van der Waals surface area (Å²) in [4.78, 5) is 12.1. The normalized spacial score (nSPS) is 10.9. The lowest BCUT2D eigenvalue weighted by molar-refractivity contribution is 0.304. The van der Waals surface area contributed by atoms with Crippen molar-refractivity contribution in [3.8, 4) is 17.2 Å². The monoisotopic (exact) mass is 380 g/mol. The zero-order chi connectivity index (χ0) is 18.1. The summed E-state index contributed by atoms with van der Waals surface area (Å²) in [5.74, 6) is 0.201. The fourth-order valence-electron chi connectivity index (χ4n) is 2.32. The molecule has 9 heteroatoms. The number of aryl methyl sites for hydroxylation is 2. The average Bonchev–Trinajstić information content (AvgIpc) is 2.90. The topological polar surface area (TPSA) is 82.2 Å². The molecule has 0 aliphatic heterocycles. The number of halogens is 2. The van der Waals surface area contributed by atoms with Gasteiger partial charge in [0, 0.05) is 24.7 Å². The second-order valence-corrected chi connectivity index (χ2v) is 6.21. The Morgan fingerprint density at radius 3 is 2.64 bits per heavy atom. The van der Waals surface area contributed by atoms with Gasteiger partial charge in [-0.2, -0.15) is 9.36 Å². The molecule has 0 aliphatic carbocycles. The molecule has 0 radical (unpaired) electrons. The Kier molecular flexibility index (Phi) is 4.69. The van der Waals surface area contributed by atoms with Crippen molar-refractivity contribution >= 4 is 23.2 Å². The van der Waals surface area contributed by atoms with Crippen molar-refractivity contribution in [2.45, 2.75) is 13.5 Å². The van der Waals surface area contributed by atoms with E-state index < -0.39 is 0 Å². The minimum absolute atomic E-state index is 0.123. The molecule has 3 rings (SSSR count). The van der Waals surface area contributed by atoms with Gasteiger partial charge in [0.2, 0.25) is 0 Å². The van der Waals surface area contributed by atoms with Crippen LogP contribution in [0.5, 0.6) is 11.5 Å². The van der Waals surface area contributed by atoms with E-state index in [4.69, 9.17) is 27.9 Å². The Morgan fingerprint density at radius 2 is 1.96 bits per heavy atom. The third-order valence-electron chi connectivity index (χ3n) is 3.71. The van der Waals surface area contributed by atoms with E-state index in [0.29, 0.717) is 11.4 Å². The molecule has 1 N–H and O–H groups in total. The first-order valence-electron chi connectivity index (χ1n) is 7.27. The lowest BCUT2D eigenvalue weighted by Crippen LogP contribution is -2.23. The number of phenolic OH excluding ortho intramolecular Hbond substituents is 1. The van der Waals surface area contributed by atoms with Crippen LogP contribution in [0.25, 0.3) is 5.69 Å². The van der Waals surface area contributed by atoms with E-state index in [1.807, 2.05) is 19.1 Å². The summed E-state index contributed by atoms with van der Waals surface area (Å²) in [6.45, 7) is 2.03. The van der Waals surface area contributed by atoms with Crippen molar-refractivity contribution in [1.82, 2.24) is 19.8 Å². The molecule has 130 valence electrons. The SMILES string of the molecule is Cc1cccc(-n2nnn(C)c2=O)c1COc1cc(Cl)c(O)cc1Cl. The highest BCUT2D eigenvalue weighted by Gasteiger charge is 2.15. The third-order valence-corrected chi connectivity index (χ3v) is 4.31. The minimum Gasteiger partial charge on any atom is -0.506 e. The Labute approximate surface area is 153 Å². The number of benzene rings is 2. The number of rotatable bonds is 4. The second-order valence-electron chi connectivity index (χ2n) is 5.39. The zero-order valence-corrected chi connectivity index (χ0v) is 14.9. The van der Waals surface area contributed by atoms with Gasteiger partial charge in [0.25, 0.3) is 0 Å². The van der Waals surface area contributed by atoms with E-state index in [-0.39, 0.29) is 28.1 Å². The second kappa shape index (κ2) is 6.78. The summed E-state index contributed by atoms with van der Waals surface area (Å²) in [7, 11) is 1.52. The van der Waals surface area contributed by atoms with Crippen LogP contribution in [0.2, 0.25) is 10.0 Å². The van der Waals surface area contributed by atoms with Crippen LogP contribution in [0, 0.1) is 6.92 Å². The largest absolute Gasteiger partial charge is 0.506 e. The molecule has 0 aliphatic rings. The lowest BCUT2D eigenvalue weighted by Gasteiger charge is -2.14. The summed E-state index contributed by atoms with van der Waals surface area (Å²) < 4.78 is 8.10. The van der Waals surface area contributed by atoms with E-state index in [9.17, 15) is 9.90 Å². The molecule has 0 fully saturated rings. The Bertz CT molecular complexity index is 998. The molecule has 0 saturated heterocycles. The van der Waals surface area contributed by atoms with Gasteiger partial charge in [-0.25, -0.2) is 4.79 Å². The number of nitrogens with zero attached hydrogens (tertiary/aromatic N) is 4. The Hall–Kier alpha value is -2.51. The zero-order valence-electron chi connectivity index (χ0n) is 13.4. The molecule has 2 aromatic carbocycles. The maximum absolute atomic E-state index is 12.1. The molecular weight excluding hydrogens is 367 g/mol. The van der Waals surface area contributed by atoms with Crippen LogP contribution in [0.15, 0.2) is 35.1 Å². The van der Waals surface area contributed by atoms with Crippen LogP contribution in [-0.4, -0.2) is 24.9 Å². The van der Waals surface area contributed by atoms with Gasteiger partial charge in [-0.1, -0.05) is 35.3 Å². The van der Waals surface area contributed by atoms with Crippen LogP contribution in [-0.2, 0) is 13.7 Å². The fourth-order valence-corrected chi connectivity index (χ4v) is 2.68. The minimum atomic E-state index is -0.363. The van der Waals surface area contributed by atoms with Crippen LogP contribution in [0.4, 0.5) is 0 Å². The predicted molar refractivity (Wildman–Crippen MR) is 93.8 cm³/mol. The number of hydrogen-bond acceptors (Lipinski definition) is 5. The van der Waals surface area contributed by atoms with E-state index in [1.165, 1.54) is 23.9 Å². The molecule has 1 heterocycles. The summed E-state index contributed by atoms with van der Waals surface area (Å²) >= 11 is 12.0. The van der Waals surface area contributed by atoms with E-state index in [1.54, 1.807) is 6.07 Å². The van der Waals surface area contributed by atoms with Gasteiger partial charge >= 0.3 is 5.69 Å². The number of ether oxygens (including phenoxy) is 1. The molecule has 7 nitrogen and oxygen atoms in total. The first kappa shape index (κ1) is 17.3. The van der Waals surface area contributed by atoms with Crippen LogP contribution in [0.3, 0.4) is 0 Å². The van der Waals surface area contributed by atoms with Gasteiger partial charge in [-0.05, 0) is 29.0 Å². The molecule has 0 atom stereocenters. The van der Waals surface area contributed by atoms with Gasteiger partial charge < -0.3 is 9.84 Å². The molecule has 0 saturated carbocycles. The maximum atomic E-state index is 12.1. The van der Waals surface area contributed by atoms with Crippen LogP contribution < -0.4 is 10.4 Å². The van der Waals surface area contributed by atoms with Gasteiger partial charge in [0.1, 0.15) is 18.1 Å². The highest BCUT2D eigenvalue weighted by atomic mass is 35.5. The first-order valence-corrected chi connectivity index (χ1v) is 8.02. The molecule has 0 spiro atoms. The summed E-state index contributed by atoms with van der Waals surface area (Å²) in [6.07, 6.45) is 0. The van der Waals surface area contributed by atoms with E-state index >= 15 is 0 Å². The van der Waals surface area contributed by atoms with Crippen molar-refractivity contribution in [3.05, 3.63) is 62.0 Å². The van der Waals surface area contributed by atoms with Crippen molar-refractivity contribution < 1.29 is 9.84 Å². The van der Waals surface area contributed by atoms with Crippen molar-refractivity contribution in [2.24, 2.45) is 7.05 Å². The van der Waals surface area contributed by atoms with Gasteiger partial charge in [-0.3, -0.25) is 0 Å². The van der Waals surface area contributed by atoms with Crippen LogP contribution >= 0.6 is 23.2 Å². The smallest absolute Gasteiger partial charge is 0.368 e. The maximum Gasteiger partial charge on any atom is 0.368 e.